The molecule has 0 bridgehead atoms. The Morgan fingerprint density at radius 1 is 1.35 bits per heavy atom. The van der Waals surface area contributed by atoms with Crippen molar-refractivity contribution in [2.24, 2.45) is 5.92 Å². The summed E-state index contributed by atoms with van der Waals surface area (Å²) >= 11 is 0. The summed E-state index contributed by atoms with van der Waals surface area (Å²) in [5, 5.41) is 3.19. The summed E-state index contributed by atoms with van der Waals surface area (Å²) in [4.78, 5) is 19.0. The first kappa shape index (κ1) is 13.1. The summed E-state index contributed by atoms with van der Waals surface area (Å²) in [6.07, 6.45) is 5.50. The van der Waals surface area contributed by atoms with Gasteiger partial charge in [0.25, 0.3) is 0 Å². The Hall–Kier alpha value is -1.85. The number of H-pyrrole nitrogens is 1. The third-order valence-corrected chi connectivity index (χ3v) is 3.57. The molecule has 0 radical (unpaired) electrons. The van der Waals surface area contributed by atoms with Crippen molar-refractivity contribution in [1.82, 2.24) is 19.9 Å². The van der Waals surface area contributed by atoms with E-state index in [9.17, 15) is 0 Å². The van der Waals surface area contributed by atoms with E-state index in [1.165, 1.54) is 12.8 Å². The number of hydrogen-bond donors (Lipinski definition) is 2. The number of nitrogens with zero attached hydrogens (tertiary/aromatic N) is 4. The average molecular weight is 274 g/mol. The fourth-order valence-electron chi connectivity index (χ4n) is 2.45. The first-order valence-electron chi connectivity index (χ1n) is 7.51. The largest absolute Gasteiger partial charge is 0.354 e. The topological polar surface area (TPSA) is 69.7 Å². The van der Waals surface area contributed by atoms with Crippen LogP contribution < -0.4 is 10.2 Å². The number of aromatic nitrogens is 4. The van der Waals surface area contributed by atoms with Gasteiger partial charge in [0.2, 0.25) is 5.95 Å². The van der Waals surface area contributed by atoms with Crippen molar-refractivity contribution < 1.29 is 0 Å². The number of fused-ring (bicyclic) bond motifs is 1. The normalized spacial score (nSPS) is 14.7. The van der Waals surface area contributed by atoms with Crippen LogP contribution in [0.2, 0.25) is 0 Å². The second-order valence-electron chi connectivity index (χ2n) is 5.39. The van der Waals surface area contributed by atoms with E-state index in [1.54, 1.807) is 6.33 Å². The molecule has 0 aliphatic heterocycles. The zero-order valence-corrected chi connectivity index (χ0v) is 12.2. The highest BCUT2D eigenvalue weighted by atomic mass is 15.2. The Bertz CT molecular complexity index is 574. The number of hydrogen-bond acceptors (Lipinski definition) is 5. The van der Waals surface area contributed by atoms with Crippen LogP contribution >= 0.6 is 0 Å². The SMILES string of the molecule is CCCN(CC1CC1)c1nc(NCC)nc2nc[nH]c12. The molecular formula is C14H22N6. The standard InChI is InChI=1S/C14H22N6/c1-3-7-20(8-10-5-6-10)13-11-12(17-9-16-11)18-14(19-13)15-4-2/h9-10H,3-8H2,1-2H3,(H2,15,16,17,18,19). The van der Waals surface area contributed by atoms with E-state index in [0.717, 1.165) is 49.0 Å². The highest BCUT2D eigenvalue weighted by molar-refractivity contribution is 5.84. The van der Waals surface area contributed by atoms with Gasteiger partial charge in [-0.3, -0.25) is 0 Å². The van der Waals surface area contributed by atoms with Gasteiger partial charge in [0.05, 0.1) is 6.33 Å². The third-order valence-electron chi connectivity index (χ3n) is 3.57. The molecule has 6 nitrogen and oxygen atoms in total. The molecule has 2 aromatic rings. The van der Waals surface area contributed by atoms with Crippen LogP contribution in [0.1, 0.15) is 33.1 Å². The summed E-state index contributed by atoms with van der Waals surface area (Å²) in [5.41, 5.74) is 1.68. The van der Waals surface area contributed by atoms with Crippen molar-refractivity contribution in [3.05, 3.63) is 6.33 Å². The molecule has 0 aromatic carbocycles. The Labute approximate surface area is 119 Å². The molecule has 0 unspecified atom stereocenters. The number of rotatable bonds is 7. The lowest BCUT2D eigenvalue weighted by atomic mass is 10.3. The highest BCUT2D eigenvalue weighted by Gasteiger charge is 2.26. The minimum atomic E-state index is 0.666. The van der Waals surface area contributed by atoms with Crippen LogP contribution in [-0.2, 0) is 0 Å². The molecule has 0 saturated heterocycles. The maximum absolute atomic E-state index is 4.70. The van der Waals surface area contributed by atoms with Crippen LogP contribution in [0.4, 0.5) is 11.8 Å². The van der Waals surface area contributed by atoms with E-state index < -0.39 is 0 Å². The monoisotopic (exact) mass is 274 g/mol. The maximum Gasteiger partial charge on any atom is 0.226 e. The number of aromatic amines is 1. The fourth-order valence-corrected chi connectivity index (χ4v) is 2.45. The van der Waals surface area contributed by atoms with Crippen LogP contribution in [-0.4, -0.2) is 39.6 Å². The van der Waals surface area contributed by atoms with Crippen molar-refractivity contribution >= 4 is 22.9 Å². The van der Waals surface area contributed by atoms with Gasteiger partial charge in [-0.15, -0.1) is 0 Å². The fraction of sp³-hybridized carbons (Fsp3) is 0.643. The van der Waals surface area contributed by atoms with Gasteiger partial charge in [-0.1, -0.05) is 6.92 Å². The Balaban J connectivity index is 1.98. The molecular weight excluding hydrogens is 252 g/mol. The molecule has 2 aromatic heterocycles. The maximum atomic E-state index is 4.70. The molecule has 1 aliphatic rings. The molecule has 6 heteroatoms. The smallest absolute Gasteiger partial charge is 0.226 e. The molecule has 0 atom stereocenters. The summed E-state index contributed by atoms with van der Waals surface area (Å²) in [6.45, 7) is 7.17. The Morgan fingerprint density at radius 3 is 2.90 bits per heavy atom. The minimum Gasteiger partial charge on any atom is -0.354 e. The summed E-state index contributed by atoms with van der Waals surface area (Å²) in [6, 6.07) is 0. The molecule has 108 valence electrons. The van der Waals surface area contributed by atoms with Crippen molar-refractivity contribution in [3.63, 3.8) is 0 Å². The Morgan fingerprint density at radius 2 is 2.20 bits per heavy atom. The molecule has 3 rings (SSSR count). The lowest BCUT2D eigenvalue weighted by Gasteiger charge is -2.23. The van der Waals surface area contributed by atoms with Crippen molar-refractivity contribution in [1.29, 1.82) is 0 Å². The highest BCUT2D eigenvalue weighted by Crippen LogP contribution is 2.32. The zero-order chi connectivity index (χ0) is 13.9. The molecule has 1 fully saturated rings. The van der Waals surface area contributed by atoms with Gasteiger partial charge in [-0.05, 0) is 32.1 Å². The zero-order valence-electron chi connectivity index (χ0n) is 12.2. The van der Waals surface area contributed by atoms with Gasteiger partial charge in [0, 0.05) is 19.6 Å². The summed E-state index contributed by atoms with van der Waals surface area (Å²) < 4.78 is 0. The number of anilines is 2. The first-order valence-corrected chi connectivity index (χ1v) is 7.51. The van der Waals surface area contributed by atoms with E-state index in [4.69, 9.17) is 4.98 Å². The second-order valence-corrected chi connectivity index (χ2v) is 5.39. The lowest BCUT2D eigenvalue weighted by molar-refractivity contribution is 0.701. The molecule has 2 heterocycles. The number of nitrogens with one attached hydrogen (secondary N) is 2. The van der Waals surface area contributed by atoms with Crippen LogP contribution in [0.3, 0.4) is 0 Å². The quantitative estimate of drug-likeness (QED) is 0.811. The molecule has 0 amide bonds. The van der Waals surface area contributed by atoms with Crippen LogP contribution in [0.15, 0.2) is 6.33 Å². The molecule has 1 aliphatic carbocycles. The second kappa shape index (κ2) is 5.64. The van der Waals surface area contributed by atoms with Crippen LogP contribution in [0, 0.1) is 5.92 Å². The van der Waals surface area contributed by atoms with Gasteiger partial charge < -0.3 is 15.2 Å². The lowest BCUT2D eigenvalue weighted by Crippen LogP contribution is -2.28. The van der Waals surface area contributed by atoms with Gasteiger partial charge >= 0.3 is 0 Å². The van der Waals surface area contributed by atoms with E-state index in [0.29, 0.717) is 5.95 Å². The van der Waals surface area contributed by atoms with E-state index in [2.05, 4.69) is 32.1 Å². The predicted octanol–water partition coefficient (Wildman–Crippen LogP) is 2.41. The molecule has 20 heavy (non-hydrogen) atoms. The third kappa shape index (κ3) is 2.69. The summed E-state index contributed by atoms with van der Waals surface area (Å²) in [7, 11) is 0. The van der Waals surface area contributed by atoms with E-state index in [1.807, 2.05) is 6.92 Å². The van der Waals surface area contributed by atoms with Gasteiger partial charge in [-0.2, -0.15) is 9.97 Å². The Kier molecular flexibility index (Phi) is 3.71. The van der Waals surface area contributed by atoms with Crippen molar-refractivity contribution in [2.45, 2.75) is 33.1 Å². The van der Waals surface area contributed by atoms with Gasteiger partial charge in [0.1, 0.15) is 5.52 Å². The molecule has 1 saturated carbocycles. The van der Waals surface area contributed by atoms with Crippen LogP contribution in [0.25, 0.3) is 11.2 Å². The summed E-state index contributed by atoms with van der Waals surface area (Å²) in [5.74, 6) is 2.48. The van der Waals surface area contributed by atoms with E-state index >= 15 is 0 Å². The molecule has 2 N–H and O–H groups in total. The van der Waals surface area contributed by atoms with E-state index in [-0.39, 0.29) is 0 Å². The van der Waals surface area contributed by atoms with Gasteiger partial charge in [0.15, 0.2) is 11.5 Å². The minimum absolute atomic E-state index is 0.666. The van der Waals surface area contributed by atoms with Crippen molar-refractivity contribution in [2.75, 3.05) is 29.9 Å². The van der Waals surface area contributed by atoms with Crippen molar-refractivity contribution in [3.8, 4) is 0 Å². The molecule has 0 spiro atoms. The predicted molar refractivity (Wildman–Crippen MR) is 81.1 cm³/mol. The van der Waals surface area contributed by atoms with Gasteiger partial charge in [-0.25, -0.2) is 4.98 Å². The average Bonchev–Trinajstić information content (AvgIpc) is 3.13. The van der Waals surface area contributed by atoms with Crippen LogP contribution in [0.5, 0.6) is 0 Å². The number of imidazole rings is 1. The first-order chi connectivity index (χ1) is 9.81.